The van der Waals surface area contributed by atoms with Gasteiger partial charge < -0.3 is 5.32 Å². The quantitative estimate of drug-likeness (QED) is 0.825. The monoisotopic (exact) mass is 337 g/mol. The molecule has 1 aromatic carbocycles. The Bertz CT molecular complexity index is 558. The van der Waals surface area contributed by atoms with Gasteiger partial charge in [-0.1, -0.05) is 17.7 Å². The van der Waals surface area contributed by atoms with Crippen LogP contribution in [0.25, 0.3) is 0 Å². The summed E-state index contributed by atoms with van der Waals surface area (Å²) in [6.45, 7) is 8.72. The zero-order chi connectivity index (χ0) is 14.2. The molecule has 0 aliphatic carbocycles. The standard InChI is InChI=1S/C16H20BrNS/c1-9-6-10(2)15(11(3)7-9)16(18-5)14-8-13(17)12(4)19-14/h6-8,16,18H,1-5H3. The molecule has 102 valence electrons. The molecular formula is C16H20BrNS. The molecule has 0 fully saturated rings. The van der Waals surface area contributed by atoms with Gasteiger partial charge in [0.15, 0.2) is 0 Å². The Kier molecular flexibility index (Phi) is 4.49. The molecular weight excluding hydrogens is 318 g/mol. The summed E-state index contributed by atoms with van der Waals surface area (Å²) >= 11 is 5.47. The normalized spacial score (nSPS) is 12.7. The van der Waals surface area contributed by atoms with Gasteiger partial charge in [-0.05, 0) is 73.4 Å². The van der Waals surface area contributed by atoms with E-state index in [0.29, 0.717) is 0 Å². The minimum Gasteiger partial charge on any atom is -0.309 e. The molecule has 1 N–H and O–H groups in total. The average Bonchev–Trinajstić information content (AvgIpc) is 2.63. The third kappa shape index (κ3) is 2.93. The molecule has 0 aliphatic rings. The van der Waals surface area contributed by atoms with E-state index < -0.39 is 0 Å². The summed E-state index contributed by atoms with van der Waals surface area (Å²) in [6, 6.07) is 7.04. The van der Waals surface area contributed by atoms with E-state index in [1.54, 1.807) is 0 Å². The van der Waals surface area contributed by atoms with Crippen molar-refractivity contribution in [3.05, 3.63) is 54.7 Å². The number of hydrogen-bond acceptors (Lipinski definition) is 2. The highest BCUT2D eigenvalue weighted by Crippen LogP contribution is 2.36. The lowest BCUT2D eigenvalue weighted by Gasteiger charge is -2.21. The maximum Gasteiger partial charge on any atom is 0.0674 e. The Balaban J connectivity index is 2.54. The third-order valence-corrected chi connectivity index (χ3v) is 5.68. The molecule has 2 aromatic rings. The smallest absolute Gasteiger partial charge is 0.0674 e. The lowest BCUT2D eigenvalue weighted by atomic mass is 9.93. The minimum absolute atomic E-state index is 0.274. The summed E-state index contributed by atoms with van der Waals surface area (Å²) in [5.41, 5.74) is 5.46. The van der Waals surface area contributed by atoms with Crippen LogP contribution in [0.1, 0.15) is 38.0 Å². The van der Waals surface area contributed by atoms with Gasteiger partial charge in [0, 0.05) is 14.2 Å². The van der Waals surface area contributed by atoms with E-state index in [2.05, 4.69) is 67.1 Å². The van der Waals surface area contributed by atoms with Gasteiger partial charge in [0.25, 0.3) is 0 Å². The van der Waals surface area contributed by atoms with E-state index >= 15 is 0 Å². The van der Waals surface area contributed by atoms with Crippen LogP contribution in [0.5, 0.6) is 0 Å². The van der Waals surface area contributed by atoms with E-state index in [1.165, 1.54) is 36.5 Å². The fourth-order valence-electron chi connectivity index (χ4n) is 2.70. The third-order valence-electron chi connectivity index (χ3n) is 3.48. The molecule has 0 saturated carbocycles. The highest BCUT2D eigenvalue weighted by Gasteiger charge is 2.19. The van der Waals surface area contributed by atoms with Crippen LogP contribution in [0.2, 0.25) is 0 Å². The fourth-order valence-corrected chi connectivity index (χ4v) is 4.38. The summed E-state index contributed by atoms with van der Waals surface area (Å²) in [5, 5.41) is 3.47. The Morgan fingerprint density at radius 1 is 1.05 bits per heavy atom. The molecule has 0 amide bonds. The fraction of sp³-hybridized carbons (Fsp3) is 0.375. The second kappa shape index (κ2) is 5.78. The molecule has 0 bridgehead atoms. The number of benzene rings is 1. The molecule has 3 heteroatoms. The van der Waals surface area contributed by atoms with Crippen LogP contribution < -0.4 is 5.32 Å². The van der Waals surface area contributed by atoms with Crippen molar-refractivity contribution in [3.63, 3.8) is 0 Å². The van der Waals surface area contributed by atoms with E-state index in [0.717, 1.165) is 0 Å². The minimum atomic E-state index is 0.274. The largest absolute Gasteiger partial charge is 0.309 e. The summed E-state index contributed by atoms with van der Waals surface area (Å²) in [6.07, 6.45) is 0. The summed E-state index contributed by atoms with van der Waals surface area (Å²) in [7, 11) is 2.03. The van der Waals surface area contributed by atoms with E-state index in [1.807, 2.05) is 18.4 Å². The van der Waals surface area contributed by atoms with Gasteiger partial charge in [-0.2, -0.15) is 0 Å². The molecule has 1 unspecified atom stereocenters. The maximum atomic E-state index is 3.62. The summed E-state index contributed by atoms with van der Waals surface area (Å²) < 4.78 is 1.20. The van der Waals surface area contributed by atoms with Gasteiger partial charge in [-0.15, -0.1) is 11.3 Å². The van der Waals surface area contributed by atoms with E-state index in [4.69, 9.17) is 0 Å². The molecule has 0 saturated heterocycles. The van der Waals surface area contributed by atoms with Gasteiger partial charge in [-0.3, -0.25) is 0 Å². The van der Waals surface area contributed by atoms with Gasteiger partial charge in [0.05, 0.1) is 6.04 Å². The van der Waals surface area contributed by atoms with Crippen molar-refractivity contribution in [2.45, 2.75) is 33.7 Å². The predicted octanol–water partition coefficient (Wildman–Crippen LogP) is 5.05. The first-order chi connectivity index (χ1) is 8.93. The SMILES string of the molecule is CNC(c1cc(Br)c(C)s1)c1c(C)cc(C)cc1C. The topological polar surface area (TPSA) is 12.0 Å². The second-order valence-electron chi connectivity index (χ2n) is 5.09. The van der Waals surface area contributed by atoms with Gasteiger partial charge in [0.1, 0.15) is 0 Å². The van der Waals surface area contributed by atoms with Crippen LogP contribution in [-0.2, 0) is 0 Å². The maximum absolute atomic E-state index is 3.62. The first-order valence-electron chi connectivity index (χ1n) is 6.45. The van der Waals surface area contributed by atoms with E-state index in [-0.39, 0.29) is 6.04 Å². The zero-order valence-corrected chi connectivity index (χ0v) is 14.5. The van der Waals surface area contributed by atoms with Crippen molar-refractivity contribution in [1.82, 2.24) is 5.32 Å². The highest BCUT2D eigenvalue weighted by atomic mass is 79.9. The Morgan fingerprint density at radius 2 is 1.63 bits per heavy atom. The Hall–Kier alpha value is -0.640. The van der Waals surface area contributed by atoms with Crippen molar-refractivity contribution >= 4 is 27.3 Å². The first kappa shape index (κ1) is 14.8. The molecule has 19 heavy (non-hydrogen) atoms. The lowest BCUT2D eigenvalue weighted by Crippen LogP contribution is -2.19. The number of halogens is 1. The van der Waals surface area contributed by atoms with Crippen LogP contribution in [0.15, 0.2) is 22.7 Å². The number of aryl methyl sites for hydroxylation is 4. The summed E-state index contributed by atoms with van der Waals surface area (Å²) in [5.74, 6) is 0. The van der Waals surface area contributed by atoms with Crippen LogP contribution in [0, 0.1) is 27.7 Å². The molecule has 2 rings (SSSR count). The number of nitrogens with one attached hydrogen (secondary N) is 1. The molecule has 0 aliphatic heterocycles. The predicted molar refractivity (Wildman–Crippen MR) is 88.3 cm³/mol. The van der Waals surface area contributed by atoms with Gasteiger partial charge in [0.2, 0.25) is 0 Å². The van der Waals surface area contributed by atoms with Crippen molar-refractivity contribution in [3.8, 4) is 0 Å². The second-order valence-corrected chi connectivity index (χ2v) is 7.23. The number of hydrogen-bond donors (Lipinski definition) is 1. The molecule has 1 atom stereocenters. The zero-order valence-electron chi connectivity index (χ0n) is 12.1. The van der Waals surface area contributed by atoms with Crippen molar-refractivity contribution in [2.24, 2.45) is 0 Å². The average molecular weight is 338 g/mol. The van der Waals surface area contributed by atoms with Crippen LogP contribution in [0.4, 0.5) is 0 Å². The number of thiophene rings is 1. The van der Waals surface area contributed by atoms with Gasteiger partial charge in [-0.25, -0.2) is 0 Å². The van der Waals surface area contributed by atoms with Crippen LogP contribution in [0.3, 0.4) is 0 Å². The van der Waals surface area contributed by atoms with Crippen molar-refractivity contribution in [2.75, 3.05) is 7.05 Å². The molecule has 1 nitrogen and oxygen atoms in total. The highest BCUT2D eigenvalue weighted by molar-refractivity contribution is 9.10. The molecule has 0 spiro atoms. The Labute approximate surface area is 128 Å². The van der Waals surface area contributed by atoms with E-state index in [9.17, 15) is 0 Å². The molecule has 0 radical (unpaired) electrons. The van der Waals surface area contributed by atoms with Crippen LogP contribution >= 0.6 is 27.3 Å². The Morgan fingerprint density at radius 3 is 2.05 bits per heavy atom. The molecule has 1 aromatic heterocycles. The molecule has 1 heterocycles. The van der Waals surface area contributed by atoms with Crippen molar-refractivity contribution < 1.29 is 0 Å². The summed E-state index contributed by atoms with van der Waals surface area (Å²) in [4.78, 5) is 2.69. The van der Waals surface area contributed by atoms with Crippen molar-refractivity contribution in [1.29, 1.82) is 0 Å². The lowest BCUT2D eigenvalue weighted by molar-refractivity contribution is 0.694. The first-order valence-corrected chi connectivity index (χ1v) is 8.05. The van der Waals surface area contributed by atoms with Gasteiger partial charge >= 0.3 is 0 Å². The number of rotatable bonds is 3. The van der Waals surface area contributed by atoms with Crippen LogP contribution in [-0.4, -0.2) is 7.05 Å².